The highest BCUT2D eigenvalue weighted by atomic mass is 16.6. The molecule has 17 heavy (non-hydrogen) atoms. The smallest absolute Gasteiger partial charge is 0.269 e. The van der Waals surface area contributed by atoms with Crippen molar-refractivity contribution in [3.8, 4) is 0 Å². The van der Waals surface area contributed by atoms with Crippen LogP contribution < -0.4 is 10.9 Å². The third kappa shape index (κ3) is 3.56. The summed E-state index contributed by atoms with van der Waals surface area (Å²) in [6, 6.07) is 5.06. The van der Waals surface area contributed by atoms with Crippen LogP contribution >= 0.6 is 0 Å². The largest absolute Gasteiger partial charge is 0.273 e. The molecular weight excluding hydrogens is 226 g/mol. The van der Waals surface area contributed by atoms with E-state index in [4.69, 9.17) is 0 Å². The summed E-state index contributed by atoms with van der Waals surface area (Å²) in [6.07, 6.45) is 0.251. The van der Waals surface area contributed by atoms with Crippen molar-refractivity contribution < 1.29 is 14.5 Å². The Bertz CT molecular complexity index is 441. The molecule has 7 heteroatoms. The van der Waals surface area contributed by atoms with E-state index in [1.807, 2.05) is 0 Å². The minimum atomic E-state index is -0.555. The summed E-state index contributed by atoms with van der Waals surface area (Å²) in [7, 11) is 0. The van der Waals surface area contributed by atoms with Crippen molar-refractivity contribution in [1.29, 1.82) is 0 Å². The van der Waals surface area contributed by atoms with Gasteiger partial charge in [0.1, 0.15) is 0 Å². The normalized spacial score (nSPS) is 9.47. The van der Waals surface area contributed by atoms with Crippen molar-refractivity contribution in [2.75, 3.05) is 0 Å². The molecule has 7 nitrogen and oxygen atoms in total. The fraction of sp³-hybridized carbons (Fsp3) is 0.200. The highest BCUT2D eigenvalue weighted by molar-refractivity contribution is 5.95. The SMILES string of the molecule is CCC(=O)NNC(=O)c1ccc([N+](=O)[O-])cc1. The molecule has 0 fully saturated rings. The molecule has 0 radical (unpaired) electrons. The number of nitrogens with one attached hydrogen (secondary N) is 2. The molecule has 0 bridgehead atoms. The van der Waals surface area contributed by atoms with E-state index in [2.05, 4.69) is 10.9 Å². The number of carbonyl (C=O) groups excluding carboxylic acids is 2. The van der Waals surface area contributed by atoms with Crippen LogP contribution in [0.3, 0.4) is 0 Å². The van der Waals surface area contributed by atoms with E-state index < -0.39 is 10.8 Å². The molecule has 1 aromatic carbocycles. The number of hydrogen-bond acceptors (Lipinski definition) is 4. The number of hydrazine groups is 1. The summed E-state index contributed by atoms with van der Waals surface area (Å²) in [5.41, 5.74) is 4.52. The Labute approximate surface area is 96.9 Å². The lowest BCUT2D eigenvalue weighted by Gasteiger charge is -2.05. The second-order valence-electron chi connectivity index (χ2n) is 3.16. The van der Waals surface area contributed by atoms with Gasteiger partial charge in [0.2, 0.25) is 5.91 Å². The van der Waals surface area contributed by atoms with Crippen molar-refractivity contribution in [1.82, 2.24) is 10.9 Å². The molecule has 0 unspecified atom stereocenters. The zero-order chi connectivity index (χ0) is 12.8. The van der Waals surface area contributed by atoms with E-state index in [-0.39, 0.29) is 23.6 Å². The number of rotatable bonds is 3. The second-order valence-corrected chi connectivity index (χ2v) is 3.16. The Kier molecular flexibility index (Phi) is 4.15. The first-order chi connectivity index (χ1) is 8.04. The first-order valence-corrected chi connectivity index (χ1v) is 4.88. The van der Waals surface area contributed by atoms with Crippen molar-refractivity contribution >= 4 is 17.5 Å². The maximum atomic E-state index is 11.5. The average Bonchev–Trinajstić information content (AvgIpc) is 2.35. The zero-order valence-corrected chi connectivity index (χ0v) is 9.10. The minimum Gasteiger partial charge on any atom is -0.273 e. The fourth-order valence-corrected chi connectivity index (χ4v) is 1.02. The van der Waals surface area contributed by atoms with Gasteiger partial charge in [0, 0.05) is 24.1 Å². The Hall–Kier alpha value is -2.44. The van der Waals surface area contributed by atoms with Gasteiger partial charge < -0.3 is 0 Å². The van der Waals surface area contributed by atoms with Gasteiger partial charge >= 0.3 is 0 Å². The molecule has 1 rings (SSSR count). The maximum Gasteiger partial charge on any atom is 0.269 e. The Morgan fingerprint density at radius 2 is 1.82 bits per heavy atom. The summed E-state index contributed by atoms with van der Waals surface area (Å²) in [6.45, 7) is 1.65. The molecule has 0 aromatic heterocycles. The van der Waals surface area contributed by atoms with Gasteiger partial charge in [-0.3, -0.25) is 30.6 Å². The van der Waals surface area contributed by atoms with Gasteiger partial charge in [-0.25, -0.2) is 0 Å². The molecule has 0 aliphatic heterocycles. The summed E-state index contributed by atoms with van der Waals surface area (Å²) < 4.78 is 0. The molecule has 2 amide bonds. The van der Waals surface area contributed by atoms with Crippen LogP contribution in [0, 0.1) is 10.1 Å². The molecule has 0 heterocycles. The van der Waals surface area contributed by atoms with Crippen LogP contribution in [0.1, 0.15) is 23.7 Å². The van der Waals surface area contributed by atoms with E-state index >= 15 is 0 Å². The van der Waals surface area contributed by atoms with Gasteiger partial charge in [-0.15, -0.1) is 0 Å². The van der Waals surface area contributed by atoms with E-state index in [1.54, 1.807) is 6.92 Å². The molecule has 2 N–H and O–H groups in total. The lowest BCUT2D eigenvalue weighted by Crippen LogP contribution is -2.41. The highest BCUT2D eigenvalue weighted by Gasteiger charge is 2.09. The number of nitro benzene ring substituents is 1. The fourth-order valence-electron chi connectivity index (χ4n) is 1.02. The number of non-ortho nitro benzene ring substituents is 1. The van der Waals surface area contributed by atoms with Crippen LogP contribution in [-0.2, 0) is 4.79 Å². The number of nitrogens with zero attached hydrogens (tertiary/aromatic N) is 1. The van der Waals surface area contributed by atoms with E-state index in [0.29, 0.717) is 0 Å². The number of nitro groups is 1. The molecule has 0 saturated heterocycles. The van der Waals surface area contributed by atoms with Crippen LogP contribution in [0.15, 0.2) is 24.3 Å². The minimum absolute atomic E-state index is 0.0980. The summed E-state index contributed by atoms with van der Waals surface area (Å²) >= 11 is 0. The topological polar surface area (TPSA) is 101 Å². The van der Waals surface area contributed by atoms with Gasteiger partial charge in [-0.05, 0) is 12.1 Å². The molecule has 0 spiro atoms. The van der Waals surface area contributed by atoms with Gasteiger partial charge in [-0.2, -0.15) is 0 Å². The standard InChI is InChI=1S/C10H11N3O4/c1-2-9(14)11-12-10(15)7-3-5-8(6-4-7)13(16)17/h3-6H,2H2,1H3,(H,11,14)(H,12,15). The summed E-state index contributed by atoms with van der Waals surface area (Å²) in [5, 5.41) is 10.4. The van der Waals surface area contributed by atoms with Crippen molar-refractivity contribution in [3.63, 3.8) is 0 Å². The lowest BCUT2D eigenvalue weighted by molar-refractivity contribution is -0.384. The Balaban J connectivity index is 2.64. The van der Waals surface area contributed by atoms with Gasteiger partial charge in [-0.1, -0.05) is 6.92 Å². The monoisotopic (exact) mass is 237 g/mol. The predicted molar refractivity (Wildman–Crippen MR) is 59.0 cm³/mol. The second kappa shape index (κ2) is 5.59. The molecule has 90 valence electrons. The zero-order valence-electron chi connectivity index (χ0n) is 9.10. The molecule has 1 aromatic rings. The van der Waals surface area contributed by atoms with E-state index in [0.717, 1.165) is 0 Å². The average molecular weight is 237 g/mol. The van der Waals surface area contributed by atoms with Gasteiger partial charge in [0.25, 0.3) is 11.6 Å². The lowest BCUT2D eigenvalue weighted by atomic mass is 10.2. The summed E-state index contributed by atoms with van der Waals surface area (Å²) in [4.78, 5) is 32.2. The molecular formula is C10H11N3O4. The van der Waals surface area contributed by atoms with Crippen LogP contribution in [0.2, 0.25) is 0 Å². The summed E-state index contributed by atoms with van der Waals surface area (Å²) in [5.74, 6) is -0.845. The molecule has 0 aliphatic carbocycles. The van der Waals surface area contributed by atoms with Gasteiger partial charge in [0.15, 0.2) is 0 Å². The van der Waals surface area contributed by atoms with Crippen LogP contribution in [0.5, 0.6) is 0 Å². The predicted octanol–water partition coefficient (Wildman–Crippen LogP) is 0.766. The number of benzene rings is 1. The quantitative estimate of drug-likeness (QED) is 0.598. The molecule has 0 atom stereocenters. The molecule has 0 saturated carbocycles. The third-order valence-electron chi connectivity index (χ3n) is 1.98. The number of carbonyl (C=O) groups is 2. The Morgan fingerprint density at radius 1 is 1.24 bits per heavy atom. The van der Waals surface area contributed by atoms with Gasteiger partial charge in [0.05, 0.1) is 4.92 Å². The van der Waals surface area contributed by atoms with E-state index in [9.17, 15) is 19.7 Å². The number of hydrogen-bond donors (Lipinski definition) is 2. The van der Waals surface area contributed by atoms with Crippen LogP contribution in [0.4, 0.5) is 5.69 Å². The first-order valence-electron chi connectivity index (χ1n) is 4.88. The van der Waals surface area contributed by atoms with Crippen LogP contribution in [0.25, 0.3) is 0 Å². The molecule has 0 aliphatic rings. The first kappa shape index (κ1) is 12.6. The highest BCUT2D eigenvalue weighted by Crippen LogP contribution is 2.11. The Morgan fingerprint density at radius 3 is 2.29 bits per heavy atom. The third-order valence-corrected chi connectivity index (χ3v) is 1.98. The van der Waals surface area contributed by atoms with E-state index in [1.165, 1.54) is 24.3 Å². The van der Waals surface area contributed by atoms with Crippen molar-refractivity contribution in [2.24, 2.45) is 0 Å². The van der Waals surface area contributed by atoms with Crippen molar-refractivity contribution in [3.05, 3.63) is 39.9 Å². The maximum absolute atomic E-state index is 11.5. The number of amides is 2. The van der Waals surface area contributed by atoms with Crippen molar-refractivity contribution in [2.45, 2.75) is 13.3 Å². The van der Waals surface area contributed by atoms with Crippen LogP contribution in [-0.4, -0.2) is 16.7 Å².